The maximum Gasteiger partial charge on any atom is 0.112 e. The molecule has 0 bridgehead atoms. The first-order valence-corrected chi connectivity index (χ1v) is 7.34. The van der Waals surface area contributed by atoms with Crippen LogP contribution in [0.4, 0.5) is 5.69 Å². The molecule has 3 atom stereocenters. The third kappa shape index (κ3) is 2.80. The molecule has 0 saturated heterocycles. The Hall–Kier alpha value is -1.84. The second-order valence-corrected chi connectivity index (χ2v) is 5.68. The molecule has 0 spiro atoms. The second-order valence-electron chi connectivity index (χ2n) is 5.68. The summed E-state index contributed by atoms with van der Waals surface area (Å²) in [5.41, 5.74) is 4.30. The van der Waals surface area contributed by atoms with Gasteiger partial charge in [0.25, 0.3) is 0 Å². The van der Waals surface area contributed by atoms with Crippen molar-refractivity contribution in [2.75, 3.05) is 12.4 Å². The SMILES string of the molecule is COC(c1ccccc1)C(O)c1ccc2c(c1)NC(C)C2. The van der Waals surface area contributed by atoms with Crippen LogP contribution in [0.5, 0.6) is 0 Å². The number of aliphatic hydroxyl groups excluding tert-OH is 1. The van der Waals surface area contributed by atoms with Gasteiger partial charge in [-0.3, -0.25) is 0 Å². The third-order valence-corrected chi connectivity index (χ3v) is 4.07. The zero-order valence-corrected chi connectivity index (χ0v) is 12.4. The Balaban J connectivity index is 1.88. The van der Waals surface area contributed by atoms with Crippen molar-refractivity contribution in [3.05, 3.63) is 65.2 Å². The predicted molar refractivity (Wildman–Crippen MR) is 84.4 cm³/mol. The van der Waals surface area contributed by atoms with Gasteiger partial charge in [-0.25, -0.2) is 0 Å². The lowest BCUT2D eigenvalue weighted by atomic mass is 9.96. The van der Waals surface area contributed by atoms with E-state index in [-0.39, 0.29) is 6.10 Å². The maximum absolute atomic E-state index is 10.7. The molecule has 21 heavy (non-hydrogen) atoms. The number of hydrogen-bond acceptors (Lipinski definition) is 3. The first-order chi connectivity index (χ1) is 10.2. The van der Waals surface area contributed by atoms with Gasteiger partial charge < -0.3 is 15.2 Å². The van der Waals surface area contributed by atoms with E-state index in [0.717, 1.165) is 23.2 Å². The average molecular weight is 283 g/mol. The van der Waals surface area contributed by atoms with Gasteiger partial charge in [0.05, 0.1) is 0 Å². The molecule has 3 heteroatoms. The van der Waals surface area contributed by atoms with Crippen LogP contribution in [0.1, 0.15) is 35.8 Å². The van der Waals surface area contributed by atoms with Crippen LogP contribution in [0.25, 0.3) is 0 Å². The van der Waals surface area contributed by atoms with Gasteiger partial charge in [0.2, 0.25) is 0 Å². The molecule has 110 valence electrons. The Labute approximate surface area is 125 Å². The molecule has 2 aromatic carbocycles. The summed E-state index contributed by atoms with van der Waals surface area (Å²) >= 11 is 0. The van der Waals surface area contributed by atoms with Gasteiger partial charge in [0.1, 0.15) is 12.2 Å². The summed E-state index contributed by atoms with van der Waals surface area (Å²) < 4.78 is 5.52. The summed E-state index contributed by atoms with van der Waals surface area (Å²) in [6.45, 7) is 2.16. The standard InChI is InChI=1S/C18H21NO2/c1-12-10-14-8-9-15(11-16(14)19-12)17(20)18(21-2)13-6-4-3-5-7-13/h3-9,11-12,17-20H,10H2,1-2H3. The van der Waals surface area contributed by atoms with Crippen LogP contribution < -0.4 is 5.32 Å². The molecular weight excluding hydrogens is 262 g/mol. The predicted octanol–water partition coefficient (Wildman–Crippen LogP) is 3.46. The Morgan fingerprint density at radius 3 is 2.62 bits per heavy atom. The van der Waals surface area contributed by atoms with Crippen LogP contribution in [0, 0.1) is 0 Å². The van der Waals surface area contributed by atoms with Gasteiger partial charge in [-0.05, 0) is 36.1 Å². The zero-order chi connectivity index (χ0) is 14.8. The van der Waals surface area contributed by atoms with E-state index in [1.54, 1.807) is 7.11 Å². The fourth-order valence-corrected chi connectivity index (χ4v) is 3.00. The van der Waals surface area contributed by atoms with Crippen LogP contribution in [-0.4, -0.2) is 18.3 Å². The van der Waals surface area contributed by atoms with E-state index in [1.165, 1.54) is 5.56 Å². The van der Waals surface area contributed by atoms with Crippen molar-refractivity contribution in [1.29, 1.82) is 0 Å². The molecular formula is C18H21NO2. The first-order valence-electron chi connectivity index (χ1n) is 7.34. The lowest BCUT2D eigenvalue weighted by Crippen LogP contribution is -2.13. The van der Waals surface area contributed by atoms with E-state index in [4.69, 9.17) is 4.74 Å². The average Bonchev–Trinajstić information content (AvgIpc) is 2.88. The lowest BCUT2D eigenvalue weighted by Gasteiger charge is -2.23. The molecule has 3 nitrogen and oxygen atoms in total. The minimum Gasteiger partial charge on any atom is -0.385 e. The summed E-state index contributed by atoms with van der Waals surface area (Å²) in [7, 11) is 1.63. The summed E-state index contributed by atoms with van der Waals surface area (Å²) in [4.78, 5) is 0. The summed E-state index contributed by atoms with van der Waals surface area (Å²) in [5, 5.41) is 14.1. The number of fused-ring (bicyclic) bond motifs is 1. The number of methoxy groups -OCH3 is 1. The largest absolute Gasteiger partial charge is 0.385 e. The van der Waals surface area contributed by atoms with E-state index in [9.17, 15) is 5.11 Å². The van der Waals surface area contributed by atoms with Crippen molar-refractivity contribution in [3.8, 4) is 0 Å². The maximum atomic E-state index is 10.7. The molecule has 0 fully saturated rings. The van der Waals surface area contributed by atoms with E-state index in [0.29, 0.717) is 6.04 Å². The minimum absolute atomic E-state index is 0.358. The molecule has 1 aliphatic heterocycles. The lowest BCUT2D eigenvalue weighted by molar-refractivity contribution is -0.0149. The number of anilines is 1. The Bertz CT molecular complexity index is 612. The Morgan fingerprint density at radius 1 is 1.14 bits per heavy atom. The molecule has 1 aliphatic rings. The number of ether oxygens (including phenoxy) is 1. The van der Waals surface area contributed by atoms with Crippen molar-refractivity contribution in [2.24, 2.45) is 0 Å². The van der Waals surface area contributed by atoms with Gasteiger partial charge in [0.15, 0.2) is 0 Å². The van der Waals surface area contributed by atoms with Gasteiger partial charge in [-0.1, -0.05) is 42.5 Å². The fourth-order valence-electron chi connectivity index (χ4n) is 3.00. The van der Waals surface area contributed by atoms with Gasteiger partial charge in [-0.2, -0.15) is 0 Å². The van der Waals surface area contributed by atoms with Crippen LogP contribution in [-0.2, 0) is 11.2 Å². The highest BCUT2D eigenvalue weighted by atomic mass is 16.5. The monoisotopic (exact) mass is 283 g/mol. The fraction of sp³-hybridized carbons (Fsp3) is 0.333. The molecule has 2 aromatic rings. The van der Waals surface area contributed by atoms with Gasteiger partial charge in [0, 0.05) is 18.8 Å². The molecule has 0 saturated carbocycles. The van der Waals surface area contributed by atoms with E-state index >= 15 is 0 Å². The van der Waals surface area contributed by atoms with Crippen LogP contribution >= 0.6 is 0 Å². The number of rotatable bonds is 4. The van der Waals surface area contributed by atoms with Gasteiger partial charge in [-0.15, -0.1) is 0 Å². The second kappa shape index (κ2) is 5.88. The number of benzene rings is 2. The molecule has 3 rings (SSSR count). The normalized spacial score (nSPS) is 19.7. The number of aliphatic hydroxyl groups is 1. The van der Waals surface area contributed by atoms with E-state index < -0.39 is 6.10 Å². The van der Waals surface area contributed by atoms with Crippen molar-refractivity contribution >= 4 is 5.69 Å². The number of nitrogens with one attached hydrogen (secondary N) is 1. The molecule has 0 amide bonds. The summed E-state index contributed by atoms with van der Waals surface area (Å²) in [5.74, 6) is 0. The molecule has 1 heterocycles. The zero-order valence-electron chi connectivity index (χ0n) is 12.4. The van der Waals surface area contributed by atoms with Crippen molar-refractivity contribution in [3.63, 3.8) is 0 Å². The molecule has 0 aliphatic carbocycles. The highest BCUT2D eigenvalue weighted by Crippen LogP contribution is 2.35. The van der Waals surface area contributed by atoms with E-state index in [2.05, 4.69) is 18.3 Å². The van der Waals surface area contributed by atoms with Gasteiger partial charge >= 0.3 is 0 Å². The third-order valence-electron chi connectivity index (χ3n) is 4.07. The highest BCUT2D eigenvalue weighted by Gasteiger charge is 2.24. The Kier molecular flexibility index (Phi) is 3.95. The topological polar surface area (TPSA) is 41.5 Å². The minimum atomic E-state index is -0.680. The first kappa shape index (κ1) is 14.1. The van der Waals surface area contributed by atoms with Crippen LogP contribution in [0.3, 0.4) is 0 Å². The molecule has 0 radical (unpaired) electrons. The molecule has 0 aromatic heterocycles. The quantitative estimate of drug-likeness (QED) is 0.903. The number of hydrogen-bond donors (Lipinski definition) is 2. The van der Waals surface area contributed by atoms with Crippen molar-refractivity contribution in [2.45, 2.75) is 31.6 Å². The summed E-state index contributed by atoms with van der Waals surface area (Å²) in [6.07, 6.45) is 0.00134. The van der Waals surface area contributed by atoms with Crippen LogP contribution in [0.2, 0.25) is 0 Å². The highest BCUT2D eigenvalue weighted by molar-refractivity contribution is 5.58. The molecule has 3 unspecified atom stereocenters. The summed E-state index contributed by atoms with van der Waals surface area (Å²) in [6, 6.07) is 16.4. The van der Waals surface area contributed by atoms with Crippen molar-refractivity contribution < 1.29 is 9.84 Å². The Morgan fingerprint density at radius 2 is 1.90 bits per heavy atom. The molecule has 2 N–H and O–H groups in total. The smallest absolute Gasteiger partial charge is 0.112 e. The van der Waals surface area contributed by atoms with Crippen molar-refractivity contribution in [1.82, 2.24) is 0 Å². The van der Waals surface area contributed by atoms with E-state index in [1.807, 2.05) is 42.5 Å². The van der Waals surface area contributed by atoms with Crippen LogP contribution in [0.15, 0.2) is 48.5 Å².